The topological polar surface area (TPSA) is 0 Å². The standard InChI is InChI=1S/C11H22.C9H20.C4H10.3C2H6.2C2H4/c1-6-9(4)10(5)11(7-2)8-3;1-8(2)6-7-9(3,4)5;1-4(2)3;5*1-2/h7,9-11H,2,6,8H2,1,3-5H3;8H,6-7H2,1-5H3;4H,1-3H3;3*1-2H3;2*1-2H2. The Morgan fingerprint density at radius 2 is 0.941 bits per heavy atom. The third kappa shape index (κ3) is 77.2. The van der Waals surface area contributed by atoms with Gasteiger partial charge in [0.1, 0.15) is 0 Å². The van der Waals surface area contributed by atoms with E-state index >= 15 is 0 Å². The van der Waals surface area contributed by atoms with Crippen LogP contribution in [0.3, 0.4) is 0 Å². The van der Waals surface area contributed by atoms with Crippen molar-refractivity contribution >= 4 is 0 Å². The Hall–Kier alpha value is -0.780. The van der Waals surface area contributed by atoms with E-state index in [1.165, 1.54) is 25.7 Å². The van der Waals surface area contributed by atoms with Crippen LogP contribution in [-0.2, 0) is 0 Å². The first-order valence-electron chi connectivity index (χ1n) is 14.4. The van der Waals surface area contributed by atoms with Crippen molar-refractivity contribution in [2.24, 2.45) is 35.0 Å². The minimum atomic E-state index is 0.532. The molecule has 0 heteroatoms. The molecular weight excluding hydrogens is 408 g/mol. The molecule has 0 aliphatic carbocycles. The van der Waals surface area contributed by atoms with E-state index in [4.69, 9.17) is 0 Å². The second kappa shape index (κ2) is 49.4. The Labute approximate surface area is 224 Å². The van der Waals surface area contributed by atoms with E-state index in [1.807, 2.05) is 41.5 Å². The number of hydrogen-bond donors (Lipinski definition) is 0. The van der Waals surface area contributed by atoms with Crippen LogP contribution < -0.4 is 0 Å². The highest BCUT2D eigenvalue weighted by atomic mass is 14.2. The molecule has 0 aromatic rings. The van der Waals surface area contributed by atoms with Gasteiger partial charge in [-0.2, -0.15) is 0 Å². The highest BCUT2D eigenvalue weighted by Crippen LogP contribution is 2.26. The van der Waals surface area contributed by atoms with Gasteiger partial charge in [0.25, 0.3) is 0 Å². The zero-order valence-corrected chi connectivity index (χ0v) is 28.3. The summed E-state index contributed by atoms with van der Waals surface area (Å²) in [6, 6.07) is 0. The molecule has 0 fully saturated rings. The zero-order valence-electron chi connectivity index (χ0n) is 28.3. The van der Waals surface area contributed by atoms with Gasteiger partial charge in [-0.05, 0) is 47.8 Å². The van der Waals surface area contributed by atoms with Crippen molar-refractivity contribution < 1.29 is 0 Å². The summed E-state index contributed by atoms with van der Waals surface area (Å²) in [7, 11) is 0. The van der Waals surface area contributed by atoms with Crippen LogP contribution in [0.2, 0.25) is 0 Å². The van der Waals surface area contributed by atoms with Gasteiger partial charge in [0, 0.05) is 0 Å². The molecule has 0 saturated heterocycles. The summed E-state index contributed by atoms with van der Waals surface area (Å²) in [5.41, 5.74) is 0.532. The lowest BCUT2D eigenvalue weighted by molar-refractivity contribution is 0.291. The minimum absolute atomic E-state index is 0.532. The molecule has 34 heavy (non-hydrogen) atoms. The Morgan fingerprint density at radius 3 is 1.06 bits per heavy atom. The lowest BCUT2D eigenvalue weighted by Crippen LogP contribution is -2.15. The second-order valence-corrected chi connectivity index (χ2v) is 9.78. The first-order chi connectivity index (χ1) is 15.8. The summed E-state index contributed by atoms with van der Waals surface area (Å²) in [6.07, 6.45) is 7.34. The maximum absolute atomic E-state index is 3.87. The Morgan fingerprint density at radius 1 is 0.647 bits per heavy atom. The van der Waals surface area contributed by atoms with E-state index in [9.17, 15) is 0 Å². The Kier molecular flexibility index (Phi) is 78.7. The van der Waals surface area contributed by atoms with Crippen LogP contribution in [0.1, 0.15) is 150 Å². The summed E-state index contributed by atoms with van der Waals surface area (Å²) in [6.45, 7) is 55.0. The van der Waals surface area contributed by atoms with Crippen molar-refractivity contribution in [1.29, 1.82) is 0 Å². The molecule has 0 nitrogen and oxygen atoms in total. The fourth-order valence-electron chi connectivity index (χ4n) is 2.27. The van der Waals surface area contributed by atoms with Crippen molar-refractivity contribution in [1.82, 2.24) is 0 Å². The van der Waals surface area contributed by atoms with Gasteiger partial charge in [0.15, 0.2) is 0 Å². The highest BCUT2D eigenvalue weighted by Gasteiger charge is 2.16. The molecule has 0 spiro atoms. The molecule has 0 saturated carbocycles. The molecule has 0 aromatic heterocycles. The van der Waals surface area contributed by atoms with Gasteiger partial charge in [-0.1, -0.05) is 144 Å². The SMILES string of the molecule is C=C.C=C.C=CC(CC)C(C)C(C)CC.CC.CC.CC.CC(C)C.CC(C)CCC(C)(C)C. The van der Waals surface area contributed by atoms with Crippen LogP contribution in [0.5, 0.6) is 0 Å². The minimum Gasteiger partial charge on any atom is -0.106 e. The third-order valence-corrected chi connectivity index (χ3v) is 4.46. The highest BCUT2D eigenvalue weighted by molar-refractivity contribution is 4.83. The van der Waals surface area contributed by atoms with Crippen LogP contribution in [-0.4, -0.2) is 0 Å². The molecule has 3 atom stereocenters. The maximum atomic E-state index is 3.87. The summed E-state index contributed by atoms with van der Waals surface area (Å²) >= 11 is 0. The molecule has 3 unspecified atom stereocenters. The van der Waals surface area contributed by atoms with Gasteiger partial charge in [-0.3, -0.25) is 0 Å². The van der Waals surface area contributed by atoms with E-state index in [2.05, 4.69) is 122 Å². The van der Waals surface area contributed by atoms with Crippen LogP contribution in [0.15, 0.2) is 39.0 Å². The quantitative estimate of drug-likeness (QED) is 0.314. The monoisotopic (exact) mass is 487 g/mol. The molecule has 214 valence electrons. The Balaban J connectivity index is -0.0000000438. The average molecular weight is 487 g/mol. The van der Waals surface area contributed by atoms with Crippen LogP contribution in [0, 0.1) is 35.0 Å². The lowest BCUT2D eigenvalue weighted by atomic mass is 9.81. The van der Waals surface area contributed by atoms with E-state index < -0.39 is 0 Å². The fourth-order valence-corrected chi connectivity index (χ4v) is 2.27. The Bertz CT molecular complexity index is 274. The van der Waals surface area contributed by atoms with Crippen molar-refractivity contribution in [3.63, 3.8) is 0 Å². The second-order valence-electron chi connectivity index (χ2n) is 9.78. The van der Waals surface area contributed by atoms with E-state index in [0.29, 0.717) is 11.3 Å². The zero-order chi connectivity index (χ0) is 29.9. The number of hydrogen-bond acceptors (Lipinski definition) is 0. The van der Waals surface area contributed by atoms with Gasteiger partial charge < -0.3 is 0 Å². The normalized spacial score (nSPS) is 11.3. The molecule has 0 aliphatic rings. The van der Waals surface area contributed by atoms with Crippen molar-refractivity contribution in [2.75, 3.05) is 0 Å². The predicted molar refractivity (Wildman–Crippen MR) is 173 cm³/mol. The van der Waals surface area contributed by atoms with Crippen molar-refractivity contribution in [2.45, 2.75) is 150 Å². The van der Waals surface area contributed by atoms with Crippen molar-refractivity contribution in [3.8, 4) is 0 Å². The van der Waals surface area contributed by atoms with E-state index in [0.717, 1.165) is 23.7 Å². The average Bonchev–Trinajstić information content (AvgIpc) is 2.84. The molecule has 0 amide bonds. The lowest BCUT2D eigenvalue weighted by Gasteiger charge is -2.24. The smallest absolute Gasteiger partial charge is 0.0211 e. The summed E-state index contributed by atoms with van der Waals surface area (Å²) in [4.78, 5) is 0. The molecular formula is C34H78. The van der Waals surface area contributed by atoms with Crippen LogP contribution in [0.25, 0.3) is 0 Å². The van der Waals surface area contributed by atoms with Gasteiger partial charge in [0.05, 0.1) is 0 Å². The maximum Gasteiger partial charge on any atom is -0.0211 e. The third-order valence-electron chi connectivity index (χ3n) is 4.46. The first-order valence-corrected chi connectivity index (χ1v) is 14.4. The largest absolute Gasteiger partial charge is 0.106 e. The van der Waals surface area contributed by atoms with Crippen LogP contribution in [0.4, 0.5) is 0 Å². The summed E-state index contributed by atoms with van der Waals surface area (Å²) in [5, 5.41) is 0. The van der Waals surface area contributed by atoms with E-state index in [-0.39, 0.29) is 0 Å². The first kappa shape index (κ1) is 54.2. The van der Waals surface area contributed by atoms with Gasteiger partial charge in [-0.15, -0.1) is 32.9 Å². The molecule has 0 aliphatic heterocycles. The van der Waals surface area contributed by atoms with E-state index in [1.54, 1.807) is 0 Å². The van der Waals surface area contributed by atoms with Crippen molar-refractivity contribution in [3.05, 3.63) is 39.0 Å². The number of allylic oxidation sites excluding steroid dienone is 1. The molecule has 0 bridgehead atoms. The van der Waals surface area contributed by atoms with Gasteiger partial charge in [-0.25, -0.2) is 0 Å². The van der Waals surface area contributed by atoms with Gasteiger partial charge >= 0.3 is 0 Å². The van der Waals surface area contributed by atoms with Crippen LogP contribution >= 0.6 is 0 Å². The summed E-state index contributed by atoms with van der Waals surface area (Å²) in [5.74, 6) is 4.04. The molecule has 0 heterocycles. The predicted octanol–water partition coefficient (Wildman–Crippen LogP) is 13.7. The molecule has 0 radical (unpaired) electrons. The molecule has 0 rings (SSSR count). The fraction of sp³-hybridized carbons (Fsp3) is 0.824. The molecule has 0 aromatic carbocycles. The summed E-state index contributed by atoms with van der Waals surface area (Å²) < 4.78 is 0. The number of rotatable bonds is 7. The van der Waals surface area contributed by atoms with Gasteiger partial charge in [0.2, 0.25) is 0 Å². The molecule has 0 N–H and O–H groups in total.